The highest BCUT2D eigenvalue weighted by Gasteiger charge is 2.20. The Morgan fingerprint density at radius 1 is 0.931 bits per heavy atom. The summed E-state index contributed by atoms with van der Waals surface area (Å²) in [6, 6.07) is 19.1. The van der Waals surface area contributed by atoms with Crippen molar-refractivity contribution in [1.82, 2.24) is 4.72 Å². The molecule has 5 nitrogen and oxygen atoms in total. The first-order chi connectivity index (χ1) is 13.9. The first-order valence-electron chi connectivity index (χ1n) is 9.19. The summed E-state index contributed by atoms with van der Waals surface area (Å²) >= 11 is 0. The molecule has 4 rings (SSSR count). The Hall–Kier alpha value is -3.03. The minimum absolute atomic E-state index is 0.0645. The molecular weight excluding hydrogens is 391 g/mol. The van der Waals surface area contributed by atoms with Gasteiger partial charge in [-0.1, -0.05) is 42.5 Å². The van der Waals surface area contributed by atoms with Crippen LogP contribution in [0.2, 0.25) is 0 Å². The van der Waals surface area contributed by atoms with E-state index in [9.17, 15) is 17.6 Å². The van der Waals surface area contributed by atoms with Gasteiger partial charge in [0.1, 0.15) is 10.7 Å². The molecule has 0 bridgehead atoms. The fourth-order valence-electron chi connectivity index (χ4n) is 3.49. The first-order valence-corrected chi connectivity index (χ1v) is 10.7. The second kappa shape index (κ2) is 7.77. The zero-order valence-electron chi connectivity index (χ0n) is 15.5. The van der Waals surface area contributed by atoms with Crippen LogP contribution in [0.1, 0.15) is 17.5 Å². The van der Waals surface area contributed by atoms with E-state index in [-0.39, 0.29) is 18.9 Å². The molecule has 3 aromatic carbocycles. The highest BCUT2D eigenvalue weighted by Crippen LogP contribution is 2.37. The second-order valence-corrected chi connectivity index (χ2v) is 8.57. The first kappa shape index (κ1) is 19.3. The molecule has 0 fully saturated rings. The molecule has 148 valence electrons. The van der Waals surface area contributed by atoms with Crippen LogP contribution in [0.4, 0.5) is 10.1 Å². The van der Waals surface area contributed by atoms with Gasteiger partial charge in [0, 0.05) is 18.7 Å². The number of carbonyl (C=O) groups excluding carboxylic acids is 1. The molecule has 1 amide bonds. The molecule has 1 aliphatic rings. The van der Waals surface area contributed by atoms with Gasteiger partial charge in [0.2, 0.25) is 15.9 Å². The van der Waals surface area contributed by atoms with Crippen molar-refractivity contribution in [2.45, 2.75) is 17.7 Å². The Morgan fingerprint density at radius 3 is 2.48 bits per heavy atom. The van der Waals surface area contributed by atoms with Crippen LogP contribution in [-0.4, -0.2) is 20.9 Å². The lowest BCUT2D eigenvalue weighted by Gasteiger charge is -2.09. The van der Waals surface area contributed by atoms with Crippen molar-refractivity contribution in [2.75, 3.05) is 11.9 Å². The topological polar surface area (TPSA) is 75.3 Å². The molecule has 0 unspecified atom stereocenters. The van der Waals surface area contributed by atoms with Gasteiger partial charge in [-0.3, -0.25) is 4.79 Å². The van der Waals surface area contributed by atoms with E-state index in [2.05, 4.69) is 22.2 Å². The lowest BCUT2D eigenvalue weighted by Crippen LogP contribution is -2.28. The second-order valence-electron chi connectivity index (χ2n) is 6.83. The number of sulfonamides is 1. The molecule has 3 aromatic rings. The van der Waals surface area contributed by atoms with Crippen molar-refractivity contribution >= 4 is 21.6 Å². The molecule has 0 heterocycles. The van der Waals surface area contributed by atoms with E-state index in [0.29, 0.717) is 5.69 Å². The summed E-state index contributed by atoms with van der Waals surface area (Å²) in [7, 11) is -4.00. The van der Waals surface area contributed by atoms with E-state index < -0.39 is 20.7 Å². The van der Waals surface area contributed by atoms with Gasteiger partial charge in [0.25, 0.3) is 0 Å². The Balaban J connectivity index is 1.35. The fraction of sp³-hybridized carbons (Fsp3) is 0.136. The SMILES string of the molecule is O=C(CCNS(=O)(=O)c1ccccc1F)Nc1ccc2c(c1)Cc1ccccc1-2. The Bertz CT molecular complexity index is 1190. The fourth-order valence-corrected chi connectivity index (χ4v) is 4.59. The van der Waals surface area contributed by atoms with Crippen LogP contribution in [0, 0.1) is 5.82 Å². The summed E-state index contributed by atoms with van der Waals surface area (Å²) in [5.74, 6) is -1.15. The smallest absolute Gasteiger partial charge is 0.243 e. The van der Waals surface area contributed by atoms with Crippen molar-refractivity contribution < 1.29 is 17.6 Å². The van der Waals surface area contributed by atoms with E-state index in [1.54, 1.807) is 0 Å². The summed E-state index contributed by atoms with van der Waals surface area (Å²) in [4.78, 5) is 11.8. The number of rotatable bonds is 6. The summed E-state index contributed by atoms with van der Waals surface area (Å²) in [5, 5.41) is 2.79. The number of hydrogen-bond acceptors (Lipinski definition) is 3. The molecular formula is C22H19FN2O3S. The lowest BCUT2D eigenvalue weighted by atomic mass is 10.1. The van der Waals surface area contributed by atoms with Gasteiger partial charge in [-0.25, -0.2) is 17.5 Å². The molecule has 29 heavy (non-hydrogen) atoms. The number of halogens is 1. The van der Waals surface area contributed by atoms with Crippen molar-refractivity contribution in [3.05, 3.63) is 83.7 Å². The average Bonchev–Trinajstić information content (AvgIpc) is 3.05. The maximum atomic E-state index is 13.7. The van der Waals surface area contributed by atoms with Crippen molar-refractivity contribution in [2.24, 2.45) is 0 Å². The molecule has 0 aromatic heterocycles. The number of anilines is 1. The van der Waals surface area contributed by atoms with E-state index in [0.717, 1.165) is 23.6 Å². The summed E-state index contributed by atoms with van der Waals surface area (Å²) in [6.45, 7) is -0.126. The Labute approximate surface area is 168 Å². The van der Waals surface area contributed by atoms with Gasteiger partial charge >= 0.3 is 0 Å². The molecule has 0 spiro atoms. The molecule has 0 aliphatic heterocycles. The van der Waals surface area contributed by atoms with Crippen LogP contribution in [0.25, 0.3) is 11.1 Å². The van der Waals surface area contributed by atoms with E-state index in [1.807, 2.05) is 30.3 Å². The van der Waals surface area contributed by atoms with Crippen LogP contribution in [-0.2, 0) is 21.2 Å². The molecule has 7 heteroatoms. The van der Waals surface area contributed by atoms with Gasteiger partial charge in [-0.05, 0) is 52.9 Å². The van der Waals surface area contributed by atoms with E-state index >= 15 is 0 Å². The van der Waals surface area contributed by atoms with Crippen molar-refractivity contribution in [3.8, 4) is 11.1 Å². The van der Waals surface area contributed by atoms with Crippen LogP contribution >= 0.6 is 0 Å². The lowest BCUT2D eigenvalue weighted by molar-refractivity contribution is -0.116. The highest BCUT2D eigenvalue weighted by molar-refractivity contribution is 7.89. The average molecular weight is 410 g/mol. The molecule has 2 N–H and O–H groups in total. The van der Waals surface area contributed by atoms with Crippen LogP contribution < -0.4 is 10.0 Å². The predicted octanol–water partition coefficient (Wildman–Crippen LogP) is 3.70. The summed E-state index contributed by atoms with van der Waals surface area (Å²) in [5.41, 5.74) is 5.44. The quantitative estimate of drug-likeness (QED) is 0.509. The number of amides is 1. The third-order valence-electron chi connectivity index (χ3n) is 4.85. The van der Waals surface area contributed by atoms with Gasteiger partial charge in [-0.2, -0.15) is 0 Å². The minimum Gasteiger partial charge on any atom is -0.326 e. The Kier molecular flexibility index (Phi) is 5.17. The van der Waals surface area contributed by atoms with Gasteiger partial charge in [0.15, 0.2) is 0 Å². The number of benzene rings is 3. The Morgan fingerprint density at radius 2 is 1.66 bits per heavy atom. The zero-order chi connectivity index (χ0) is 20.4. The number of fused-ring (bicyclic) bond motifs is 3. The van der Waals surface area contributed by atoms with E-state index in [4.69, 9.17) is 0 Å². The van der Waals surface area contributed by atoms with Crippen molar-refractivity contribution in [3.63, 3.8) is 0 Å². The molecule has 0 saturated carbocycles. The van der Waals surface area contributed by atoms with Crippen molar-refractivity contribution in [1.29, 1.82) is 0 Å². The normalized spacial score (nSPS) is 12.3. The van der Waals surface area contributed by atoms with Gasteiger partial charge in [-0.15, -0.1) is 0 Å². The van der Waals surface area contributed by atoms with Crippen LogP contribution in [0.5, 0.6) is 0 Å². The predicted molar refractivity (Wildman–Crippen MR) is 110 cm³/mol. The van der Waals surface area contributed by atoms with E-state index in [1.165, 1.54) is 29.3 Å². The van der Waals surface area contributed by atoms with Crippen LogP contribution in [0.15, 0.2) is 71.6 Å². The highest BCUT2D eigenvalue weighted by atomic mass is 32.2. The zero-order valence-corrected chi connectivity index (χ0v) is 16.3. The molecule has 0 radical (unpaired) electrons. The largest absolute Gasteiger partial charge is 0.326 e. The van der Waals surface area contributed by atoms with Gasteiger partial charge < -0.3 is 5.32 Å². The molecule has 1 aliphatic carbocycles. The third-order valence-corrected chi connectivity index (χ3v) is 6.34. The summed E-state index contributed by atoms with van der Waals surface area (Å²) < 4.78 is 40.2. The van der Waals surface area contributed by atoms with Gasteiger partial charge in [0.05, 0.1) is 0 Å². The minimum atomic E-state index is -4.00. The number of nitrogens with one attached hydrogen (secondary N) is 2. The molecule has 0 atom stereocenters. The van der Waals surface area contributed by atoms with Crippen LogP contribution in [0.3, 0.4) is 0 Å². The molecule has 0 saturated heterocycles. The third kappa shape index (κ3) is 4.06. The maximum absolute atomic E-state index is 13.7. The number of carbonyl (C=O) groups is 1. The monoisotopic (exact) mass is 410 g/mol. The summed E-state index contributed by atoms with van der Waals surface area (Å²) in [6.07, 6.45) is 0.753. The number of hydrogen-bond donors (Lipinski definition) is 2. The standard InChI is InChI=1S/C22H19FN2O3S/c23-20-7-3-4-8-21(20)29(27,28)24-12-11-22(26)25-17-9-10-19-16(14-17)13-15-5-1-2-6-18(15)19/h1-10,14,24H,11-13H2,(H,25,26). The maximum Gasteiger partial charge on any atom is 0.243 e.